The smallest absolute Gasteiger partial charge is 0.269 e. The van der Waals surface area contributed by atoms with E-state index in [1.807, 2.05) is 0 Å². The molecule has 0 aliphatic rings. The van der Waals surface area contributed by atoms with Crippen molar-refractivity contribution in [2.45, 2.75) is 20.3 Å². The zero-order chi connectivity index (χ0) is 15.0. The van der Waals surface area contributed by atoms with Gasteiger partial charge in [0.05, 0.1) is 7.11 Å². The lowest BCUT2D eigenvalue weighted by Crippen LogP contribution is -2.47. The number of ether oxygens (including phenoxy) is 1. The second-order valence-electron chi connectivity index (χ2n) is 4.75. The minimum Gasteiger partial charge on any atom is -0.497 e. The highest BCUT2D eigenvalue weighted by molar-refractivity contribution is 7.80. The first-order valence-electron chi connectivity index (χ1n) is 6.51. The van der Waals surface area contributed by atoms with Gasteiger partial charge < -0.3 is 10.1 Å². The van der Waals surface area contributed by atoms with Gasteiger partial charge in [-0.1, -0.05) is 19.9 Å². The SMILES string of the molecule is COc1cccc(C(=O)NNC(=S)NCCC(C)C)c1. The average molecular weight is 295 g/mol. The van der Waals surface area contributed by atoms with Gasteiger partial charge in [-0.25, -0.2) is 0 Å². The van der Waals surface area contributed by atoms with Gasteiger partial charge in [0.15, 0.2) is 5.11 Å². The molecule has 110 valence electrons. The summed E-state index contributed by atoms with van der Waals surface area (Å²) in [6.07, 6.45) is 1.02. The largest absolute Gasteiger partial charge is 0.497 e. The molecule has 0 aliphatic carbocycles. The number of amides is 1. The van der Waals surface area contributed by atoms with Crippen LogP contribution in [0.1, 0.15) is 30.6 Å². The number of hydrogen-bond donors (Lipinski definition) is 3. The number of carbonyl (C=O) groups is 1. The van der Waals surface area contributed by atoms with E-state index in [0.29, 0.717) is 22.3 Å². The maximum Gasteiger partial charge on any atom is 0.269 e. The first kappa shape index (κ1) is 16.2. The molecule has 1 rings (SSSR count). The summed E-state index contributed by atoms with van der Waals surface area (Å²) in [4.78, 5) is 11.9. The average Bonchev–Trinajstić information content (AvgIpc) is 2.44. The number of nitrogens with one attached hydrogen (secondary N) is 3. The van der Waals surface area contributed by atoms with E-state index in [1.54, 1.807) is 31.4 Å². The molecule has 0 heterocycles. The number of carbonyl (C=O) groups excluding carboxylic acids is 1. The van der Waals surface area contributed by atoms with Gasteiger partial charge in [0.1, 0.15) is 5.75 Å². The van der Waals surface area contributed by atoms with Crippen LogP contribution in [0.4, 0.5) is 0 Å². The van der Waals surface area contributed by atoms with Crippen molar-refractivity contribution in [3.05, 3.63) is 29.8 Å². The number of methoxy groups -OCH3 is 1. The Morgan fingerprint density at radius 2 is 2.10 bits per heavy atom. The zero-order valence-electron chi connectivity index (χ0n) is 12.0. The Balaban J connectivity index is 2.37. The first-order chi connectivity index (χ1) is 9.52. The summed E-state index contributed by atoms with van der Waals surface area (Å²) in [7, 11) is 1.56. The lowest BCUT2D eigenvalue weighted by Gasteiger charge is -2.12. The van der Waals surface area contributed by atoms with Gasteiger partial charge >= 0.3 is 0 Å². The molecule has 0 unspecified atom stereocenters. The van der Waals surface area contributed by atoms with Crippen molar-refractivity contribution in [1.82, 2.24) is 16.2 Å². The highest BCUT2D eigenvalue weighted by Gasteiger charge is 2.06. The molecule has 0 saturated heterocycles. The van der Waals surface area contributed by atoms with Crippen molar-refractivity contribution in [2.75, 3.05) is 13.7 Å². The van der Waals surface area contributed by atoms with Crippen molar-refractivity contribution in [3.8, 4) is 5.75 Å². The summed E-state index contributed by atoms with van der Waals surface area (Å²) in [6.45, 7) is 5.06. The predicted octanol–water partition coefficient (Wildman–Crippen LogP) is 1.85. The van der Waals surface area contributed by atoms with E-state index in [4.69, 9.17) is 17.0 Å². The van der Waals surface area contributed by atoms with E-state index < -0.39 is 0 Å². The normalized spacial score (nSPS) is 10.0. The molecule has 6 heteroatoms. The molecule has 0 spiro atoms. The molecule has 0 radical (unpaired) electrons. The minimum atomic E-state index is -0.267. The van der Waals surface area contributed by atoms with Crippen LogP contribution < -0.4 is 20.9 Å². The molecule has 1 amide bonds. The molecule has 1 aromatic carbocycles. The molecule has 20 heavy (non-hydrogen) atoms. The van der Waals surface area contributed by atoms with Gasteiger partial charge in [-0.05, 0) is 42.8 Å². The number of hydrogen-bond acceptors (Lipinski definition) is 3. The molecule has 5 nitrogen and oxygen atoms in total. The predicted molar refractivity (Wildman–Crippen MR) is 83.7 cm³/mol. The van der Waals surface area contributed by atoms with Crippen LogP contribution in [0.2, 0.25) is 0 Å². The third-order valence-electron chi connectivity index (χ3n) is 2.63. The fraction of sp³-hybridized carbons (Fsp3) is 0.429. The minimum absolute atomic E-state index is 0.267. The van der Waals surface area contributed by atoms with Crippen molar-refractivity contribution in [2.24, 2.45) is 5.92 Å². The van der Waals surface area contributed by atoms with Gasteiger partial charge in [-0.2, -0.15) is 0 Å². The van der Waals surface area contributed by atoms with Crippen LogP contribution >= 0.6 is 12.2 Å². The van der Waals surface area contributed by atoms with Crippen LogP contribution in [0.3, 0.4) is 0 Å². The lowest BCUT2D eigenvalue weighted by molar-refractivity contribution is 0.0943. The Kier molecular flexibility index (Phi) is 6.79. The van der Waals surface area contributed by atoms with E-state index in [0.717, 1.165) is 13.0 Å². The fourth-order valence-electron chi connectivity index (χ4n) is 1.47. The zero-order valence-corrected chi connectivity index (χ0v) is 12.8. The molecule has 0 atom stereocenters. The van der Waals surface area contributed by atoms with E-state index in [9.17, 15) is 4.79 Å². The Labute approximate surface area is 125 Å². The highest BCUT2D eigenvalue weighted by Crippen LogP contribution is 2.11. The summed E-state index contributed by atoms with van der Waals surface area (Å²) >= 11 is 5.06. The molecular weight excluding hydrogens is 274 g/mol. The van der Waals surface area contributed by atoms with Crippen LogP contribution in [0, 0.1) is 5.92 Å². The van der Waals surface area contributed by atoms with Crippen LogP contribution in [-0.4, -0.2) is 24.7 Å². The lowest BCUT2D eigenvalue weighted by atomic mass is 10.1. The Hall–Kier alpha value is -1.82. The quantitative estimate of drug-likeness (QED) is 0.571. The standard InChI is InChI=1S/C14H21N3O2S/c1-10(2)7-8-15-14(20)17-16-13(18)11-5-4-6-12(9-11)19-3/h4-6,9-10H,7-8H2,1-3H3,(H,16,18)(H2,15,17,20). The van der Waals surface area contributed by atoms with E-state index in [2.05, 4.69) is 30.0 Å². The third kappa shape index (κ3) is 5.88. The second-order valence-corrected chi connectivity index (χ2v) is 5.16. The molecular formula is C14H21N3O2S. The molecule has 0 fully saturated rings. The maximum atomic E-state index is 11.9. The summed E-state index contributed by atoms with van der Waals surface area (Å²) in [5.74, 6) is 0.976. The van der Waals surface area contributed by atoms with Crippen molar-refractivity contribution < 1.29 is 9.53 Å². The van der Waals surface area contributed by atoms with E-state index >= 15 is 0 Å². The summed E-state index contributed by atoms with van der Waals surface area (Å²) in [6, 6.07) is 6.90. The van der Waals surface area contributed by atoms with E-state index in [-0.39, 0.29) is 5.91 Å². The Morgan fingerprint density at radius 3 is 2.75 bits per heavy atom. The summed E-state index contributed by atoms with van der Waals surface area (Å²) in [5, 5.41) is 3.43. The topological polar surface area (TPSA) is 62.4 Å². The number of benzene rings is 1. The van der Waals surface area contributed by atoms with Gasteiger partial charge in [0, 0.05) is 12.1 Å². The van der Waals surface area contributed by atoms with Gasteiger partial charge in [-0.15, -0.1) is 0 Å². The highest BCUT2D eigenvalue weighted by atomic mass is 32.1. The van der Waals surface area contributed by atoms with Gasteiger partial charge in [0.25, 0.3) is 5.91 Å². The van der Waals surface area contributed by atoms with Gasteiger partial charge in [-0.3, -0.25) is 15.6 Å². The van der Waals surface area contributed by atoms with Crippen LogP contribution in [0.15, 0.2) is 24.3 Å². The maximum absolute atomic E-state index is 11.9. The summed E-state index contributed by atoms with van der Waals surface area (Å²) in [5.41, 5.74) is 5.71. The first-order valence-corrected chi connectivity index (χ1v) is 6.92. The van der Waals surface area contributed by atoms with Crippen molar-refractivity contribution in [3.63, 3.8) is 0 Å². The molecule has 0 aromatic heterocycles. The molecule has 3 N–H and O–H groups in total. The van der Waals surface area contributed by atoms with Crippen molar-refractivity contribution >= 4 is 23.2 Å². The van der Waals surface area contributed by atoms with Crippen molar-refractivity contribution in [1.29, 1.82) is 0 Å². The van der Waals surface area contributed by atoms with E-state index in [1.165, 1.54) is 0 Å². The summed E-state index contributed by atoms with van der Waals surface area (Å²) < 4.78 is 5.07. The number of rotatable bonds is 5. The Morgan fingerprint density at radius 1 is 1.35 bits per heavy atom. The molecule has 1 aromatic rings. The molecule has 0 bridgehead atoms. The second kappa shape index (κ2) is 8.37. The third-order valence-corrected chi connectivity index (χ3v) is 2.88. The fourth-order valence-corrected chi connectivity index (χ4v) is 1.62. The number of hydrazine groups is 1. The molecule has 0 aliphatic heterocycles. The number of thiocarbonyl (C=S) groups is 1. The van der Waals surface area contributed by atoms with Crippen LogP contribution in [0.5, 0.6) is 5.75 Å². The van der Waals surface area contributed by atoms with Crippen LogP contribution in [0.25, 0.3) is 0 Å². The Bertz CT molecular complexity index is 463. The monoisotopic (exact) mass is 295 g/mol. The molecule has 0 saturated carbocycles. The van der Waals surface area contributed by atoms with Gasteiger partial charge in [0.2, 0.25) is 0 Å². The van der Waals surface area contributed by atoms with Crippen LogP contribution in [-0.2, 0) is 0 Å².